The number of carbonyl (C=O) groups is 1. The van der Waals surface area contributed by atoms with Gasteiger partial charge in [-0.25, -0.2) is 4.98 Å². The Morgan fingerprint density at radius 3 is 3.04 bits per heavy atom. The molecular formula is C18H21N5O3. The highest BCUT2D eigenvalue weighted by atomic mass is 16.5. The number of β-amino-alcohol motifs (C(OH)–C–C–N with tert-alkyl or cyclic N) is 1. The van der Waals surface area contributed by atoms with E-state index in [4.69, 9.17) is 4.52 Å². The minimum atomic E-state index is -1.05. The van der Waals surface area contributed by atoms with Crippen LogP contribution < -0.4 is 0 Å². The van der Waals surface area contributed by atoms with Gasteiger partial charge >= 0.3 is 0 Å². The highest BCUT2D eigenvalue weighted by Crippen LogP contribution is 2.26. The minimum absolute atomic E-state index is 0.0996. The SMILES string of the molecule is Cc1noc(CC2(O)CCCN(C(=O)c3ccc4c(c3)ncn4C)C2)n1. The fourth-order valence-electron chi connectivity index (χ4n) is 3.58. The van der Waals surface area contributed by atoms with Crippen molar-refractivity contribution in [3.05, 3.63) is 41.8 Å². The topological polar surface area (TPSA) is 97.3 Å². The molecule has 136 valence electrons. The maximum atomic E-state index is 12.9. The van der Waals surface area contributed by atoms with Gasteiger partial charge in [-0.2, -0.15) is 4.98 Å². The molecule has 1 atom stereocenters. The Kier molecular flexibility index (Phi) is 3.99. The molecule has 0 aliphatic carbocycles. The number of likely N-dealkylation sites (tertiary alicyclic amines) is 1. The molecule has 8 nitrogen and oxygen atoms in total. The summed E-state index contributed by atoms with van der Waals surface area (Å²) in [4.78, 5) is 23.1. The van der Waals surface area contributed by atoms with Crippen molar-refractivity contribution in [3.8, 4) is 0 Å². The molecule has 2 aromatic heterocycles. The summed E-state index contributed by atoms with van der Waals surface area (Å²) < 4.78 is 7.04. The number of carbonyl (C=O) groups excluding carboxylic acids is 1. The highest BCUT2D eigenvalue weighted by Gasteiger charge is 2.37. The molecule has 1 N–H and O–H groups in total. The van der Waals surface area contributed by atoms with Crippen molar-refractivity contribution < 1.29 is 14.4 Å². The molecule has 3 heterocycles. The van der Waals surface area contributed by atoms with Crippen molar-refractivity contribution in [1.82, 2.24) is 24.6 Å². The van der Waals surface area contributed by atoms with Crippen LogP contribution in [-0.2, 0) is 13.5 Å². The first-order valence-corrected chi connectivity index (χ1v) is 8.65. The smallest absolute Gasteiger partial charge is 0.254 e. The summed E-state index contributed by atoms with van der Waals surface area (Å²) in [5.41, 5.74) is 1.28. The number of amides is 1. The normalized spacial score (nSPS) is 20.7. The van der Waals surface area contributed by atoms with Crippen LogP contribution in [0.3, 0.4) is 0 Å². The summed E-state index contributed by atoms with van der Waals surface area (Å²) in [5.74, 6) is 0.836. The van der Waals surface area contributed by atoms with Crippen LogP contribution in [0.2, 0.25) is 0 Å². The van der Waals surface area contributed by atoms with Gasteiger partial charge in [-0.3, -0.25) is 4.79 Å². The number of aryl methyl sites for hydroxylation is 2. The van der Waals surface area contributed by atoms with Crippen LogP contribution in [0.15, 0.2) is 29.0 Å². The lowest BCUT2D eigenvalue weighted by Gasteiger charge is -2.38. The Labute approximate surface area is 150 Å². The Morgan fingerprint density at radius 2 is 2.27 bits per heavy atom. The highest BCUT2D eigenvalue weighted by molar-refractivity contribution is 5.97. The molecule has 0 spiro atoms. The second-order valence-corrected chi connectivity index (χ2v) is 7.03. The number of piperidine rings is 1. The summed E-state index contributed by atoms with van der Waals surface area (Å²) in [5, 5.41) is 14.7. The third-order valence-corrected chi connectivity index (χ3v) is 4.86. The van der Waals surface area contributed by atoms with E-state index in [1.54, 1.807) is 30.3 Å². The molecule has 4 rings (SSSR count). The Balaban J connectivity index is 1.53. The van der Waals surface area contributed by atoms with Gasteiger partial charge in [0.25, 0.3) is 5.91 Å². The van der Waals surface area contributed by atoms with E-state index in [0.29, 0.717) is 30.2 Å². The number of hydrogen-bond acceptors (Lipinski definition) is 6. The first-order valence-electron chi connectivity index (χ1n) is 8.65. The molecule has 1 fully saturated rings. The third-order valence-electron chi connectivity index (χ3n) is 4.86. The first-order chi connectivity index (χ1) is 12.4. The molecule has 0 saturated carbocycles. The minimum Gasteiger partial charge on any atom is -0.388 e. The quantitative estimate of drug-likeness (QED) is 0.764. The van der Waals surface area contributed by atoms with Crippen LogP contribution >= 0.6 is 0 Å². The number of fused-ring (bicyclic) bond motifs is 1. The monoisotopic (exact) mass is 355 g/mol. The van der Waals surface area contributed by atoms with Gasteiger partial charge in [0.2, 0.25) is 5.89 Å². The molecule has 1 aromatic carbocycles. The predicted octanol–water partition coefficient (Wildman–Crippen LogP) is 1.47. The molecule has 3 aromatic rings. The van der Waals surface area contributed by atoms with Gasteiger partial charge < -0.3 is 19.1 Å². The molecule has 1 aliphatic rings. The molecule has 1 aliphatic heterocycles. The number of aliphatic hydroxyl groups is 1. The zero-order valence-electron chi connectivity index (χ0n) is 14.8. The maximum Gasteiger partial charge on any atom is 0.254 e. The molecule has 0 radical (unpaired) electrons. The van der Waals surface area contributed by atoms with Gasteiger partial charge in [-0.1, -0.05) is 5.16 Å². The maximum absolute atomic E-state index is 12.9. The Hall–Kier alpha value is -2.74. The number of hydrogen-bond donors (Lipinski definition) is 1. The largest absolute Gasteiger partial charge is 0.388 e. The van der Waals surface area contributed by atoms with Crippen molar-refractivity contribution in [1.29, 1.82) is 0 Å². The number of imidazole rings is 1. The van der Waals surface area contributed by atoms with E-state index in [0.717, 1.165) is 17.5 Å². The summed E-state index contributed by atoms with van der Waals surface area (Å²) in [6, 6.07) is 5.50. The van der Waals surface area contributed by atoms with E-state index in [-0.39, 0.29) is 18.9 Å². The van der Waals surface area contributed by atoms with E-state index >= 15 is 0 Å². The van der Waals surface area contributed by atoms with Crippen molar-refractivity contribution >= 4 is 16.9 Å². The van der Waals surface area contributed by atoms with Gasteiger partial charge in [0, 0.05) is 19.2 Å². The fourth-order valence-corrected chi connectivity index (χ4v) is 3.58. The van der Waals surface area contributed by atoms with E-state index in [9.17, 15) is 9.90 Å². The average Bonchev–Trinajstić information content (AvgIpc) is 3.19. The molecule has 26 heavy (non-hydrogen) atoms. The standard InChI is InChI=1S/C18H21N5O3/c1-12-20-16(26-21-12)9-18(25)6-3-7-23(10-18)17(24)13-4-5-15-14(8-13)19-11-22(15)2/h4-5,8,11,25H,3,6-7,9-10H2,1-2H3. The number of aromatic nitrogens is 4. The van der Waals surface area contributed by atoms with E-state index in [1.165, 1.54) is 0 Å². The van der Waals surface area contributed by atoms with Crippen molar-refractivity contribution in [2.24, 2.45) is 7.05 Å². The summed E-state index contributed by atoms with van der Waals surface area (Å²) >= 11 is 0. The van der Waals surface area contributed by atoms with Gasteiger partial charge in [-0.05, 0) is 38.0 Å². The van der Waals surface area contributed by atoms with Crippen LogP contribution in [0.5, 0.6) is 0 Å². The van der Waals surface area contributed by atoms with Crippen LogP contribution in [0.4, 0.5) is 0 Å². The summed E-state index contributed by atoms with van der Waals surface area (Å²) in [6.07, 6.45) is 3.29. The van der Waals surface area contributed by atoms with Crippen LogP contribution in [0, 0.1) is 6.92 Å². The number of benzene rings is 1. The summed E-state index contributed by atoms with van der Waals surface area (Å²) in [7, 11) is 1.92. The first kappa shape index (κ1) is 16.7. The second-order valence-electron chi connectivity index (χ2n) is 7.03. The van der Waals surface area contributed by atoms with Crippen molar-refractivity contribution in [2.75, 3.05) is 13.1 Å². The van der Waals surface area contributed by atoms with Gasteiger partial charge in [-0.15, -0.1) is 0 Å². The molecule has 1 saturated heterocycles. The molecule has 0 bridgehead atoms. The van der Waals surface area contributed by atoms with Crippen molar-refractivity contribution in [3.63, 3.8) is 0 Å². The molecule has 1 unspecified atom stereocenters. The lowest BCUT2D eigenvalue weighted by molar-refractivity contribution is -0.0286. The van der Waals surface area contributed by atoms with Crippen LogP contribution in [0.25, 0.3) is 11.0 Å². The number of rotatable bonds is 3. The van der Waals surface area contributed by atoms with Crippen LogP contribution in [0.1, 0.15) is 34.9 Å². The zero-order valence-corrected chi connectivity index (χ0v) is 14.8. The van der Waals surface area contributed by atoms with Gasteiger partial charge in [0.05, 0.1) is 35.9 Å². The van der Waals surface area contributed by atoms with Gasteiger partial charge in [0.1, 0.15) is 0 Å². The lowest BCUT2D eigenvalue weighted by atomic mass is 9.89. The Bertz CT molecular complexity index is 963. The predicted molar refractivity (Wildman–Crippen MR) is 93.5 cm³/mol. The van der Waals surface area contributed by atoms with E-state index < -0.39 is 5.60 Å². The Morgan fingerprint density at radius 1 is 1.42 bits per heavy atom. The lowest BCUT2D eigenvalue weighted by Crippen LogP contribution is -2.51. The second kappa shape index (κ2) is 6.21. The van der Waals surface area contributed by atoms with Crippen molar-refractivity contribution in [2.45, 2.75) is 31.8 Å². The third kappa shape index (κ3) is 3.08. The number of nitrogens with zero attached hydrogens (tertiary/aromatic N) is 5. The van der Waals surface area contributed by atoms with E-state index in [1.807, 2.05) is 17.7 Å². The molecule has 8 heteroatoms. The zero-order chi connectivity index (χ0) is 18.3. The van der Waals surface area contributed by atoms with Gasteiger partial charge in [0.15, 0.2) is 5.82 Å². The molecular weight excluding hydrogens is 334 g/mol. The fraction of sp³-hybridized carbons (Fsp3) is 0.444. The average molecular weight is 355 g/mol. The van der Waals surface area contributed by atoms with Crippen LogP contribution in [-0.4, -0.2) is 54.3 Å². The molecule has 1 amide bonds. The summed E-state index contributed by atoms with van der Waals surface area (Å²) in [6.45, 7) is 2.60. The van der Waals surface area contributed by atoms with E-state index in [2.05, 4.69) is 15.1 Å².